The predicted octanol–water partition coefficient (Wildman–Crippen LogP) is 4.17. The van der Waals surface area contributed by atoms with Crippen molar-refractivity contribution in [3.63, 3.8) is 0 Å². The molecule has 0 aliphatic rings. The Labute approximate surface area is 115 Å². The van der Waals surface area contributed by atoms with Crippen LogP contribution < -0.4 is 0 Å². The summed E-state index contributed by atoms with van der Waals surface area (Å²) in [6.07, 6.45) is 0. The lowest BCUT2D eigenvalue weighted by molar-refractivity contribution is 0.103. The van der Waals surface area contributed by atoms with Gasteiger partial charge in [-0.3, -0.25) is 4.79 Å². The fraction of sp³-hybridized carbons (Fsp3) is 0.0833. The summed E-state index contributed by atoms with van der Waals surface area (Å²) >= 11 is 3.42. The maximum atomic E-state index is 13.7. The molecule has 0 saturated carbocycles. The first-order chi connectivity index (χ1) is 8.00. The van der Waals surface area contributed by atoms with Crippen molar-refractivity contribution in [2.45, 2.75) is 6.92 Å². The first-order valence-electron chi connectivity index (χ1n) is 4.74. The molecule has 1 nitrogen and oxygen atoms in total. The zero-order valence-corrected chi connectivity index (χ0v) is 11.7. The SMILES string of the molecule is Cc1ccc(F)c(C(=O)c2csc(I)c2)c1F. The summed E-state index contributed by atoms with van der Waals surface area (Å²) in [6.45, 7) is 1.50. The van der Waals surface area contributed by atoms with Crippen LogP contribution in [-0.2, 0) is 0 Å². The van der Waals surface area contributed by atoms with Gasteiger partial charge in [0.05, 0.1) is 8.45 Å². The highest BCUT2D eigenvalue weighted by molar-refractivity contribution is 14.1. The first kappa shape index (κ1) is 12.6. The van der Waals surface area contributed by atoms with Gasteiger partial charge < -0.3 is 0 Å². The molecule has 2 rings (SSSR count). The summed E-state index contributed by atoms with van der Waals surface area (Å²) in [5.74, 6) is -2.21. The van der Waals surface area contributed by atoms with Crippen LogP contribution in [0.5, 0.6) is 0 Å². The second-order valence-electron chi connectivity index (χ2n) is 3.52. The minimum absolute atomic E-state index is 0.264. The number of benzene rings is 1. The zero-order chi connectivity index (χ0) is 12.6. The third-order valence-electron chi connectivity index (χ3n) is 2.34. The molecule has 0 N–H and O–H groups in total. The molecule has 0 unspecified atom stereocenters. The van der Waals surface area contributed by atoms with Crippen molar-refractivity contribution in [3.05, 3.63) is 54.8 Å². The number of thiophene rings is 1. The van der Waals surface area contributed by atoms with Crippen molar-refractivity contribution in [3.8, 4) is 0 Å². The van der Waals surface area contributed by atoms with Crippen molar-refractivity contribution < 1.29 is 13.6 Å². The van der Waals surface area contributed by atoms with Gasteiger partial charge in [0.15, 0.2) is 5.78 Å². The molecule has 0 fully saturated rings. The lowest BCUT2D eigenvalue weighted by Gasteiger charge is -2.04. The summed E-state index contributed by atoms with van der Waals surface area (Å²) in [5, 5.41) is 1.60. The molecule has 0 amide bonds. The number of carbonyl (C=O) groups excluding carboxylic acids is 1. The van der Waals surface area contributed by atoms with Gasteiger partial charge in [0.25, 0.3) is 0 Å². The van der Waals surface area contributed by atoms with Crippen LogP contribution in [0, 0.1) is 21.4 Å². The number of halogens is 3. The van der Waals surface area contributed by atoms with Gasteiger partial charge in [0.1, 0.15) is 11.6 Å². The molecule has 1 aromatic heterocycles. The van der Waals surface area contributed by atoms with Crippen molar-refractivity contribution in [1.82, 2.24) is 0 Å². The molecule has 0 radical (unpaired) electrons. The number of aryl methyl sites for hydroxylation is 1. The molecule has 88 valence electrons. The van der Waals surface area contributed by atoms with Gasteiger partial charge in [-0.25, -0.2) is 8.78 Å². The van der Waals surface area contributed by atoms with E-state index in [9.17, 15) is 13.6 Å². The molecule has 1 heterocycles. The van der Waals surface area contributed by atoms with Crippen LogP contribution >= 0.6 is 33.9 Å². The van der Waals surface area contributed by atoms with E-state index in [4.69, 9.17) is 0 Å². The highest BCUT2D eigenvalue weighted by atomic mass is 127. The second kappa shape index (κ2) is 4.81. The average Bonchev–Trinajstić information content (AvgIpc) is 2.71. The molecule has 0 aliphatic carbocycles. The Balaban J connectivity index is 2.54. The molecule has 0 aliphatic heterocycles. The Bertz CT molecular complexity index is 592. The Morgan fingerprint density at radius 3 is 2.65 bits per heavy atom. The van der Waals surface area contributed by atoms with E-state index in [0.29, 0.717) is 5.56 Å². The topological polar surface area (TPSA) is 17.1 Å². The van der Waals surface area contributed by atoms with Gasteiger partial charge in [-0.15, -0.1) is 11.3 Å². The summed E-state index contributed by atoms with van der Waals surface area (Å²) < 4.78 is 28.2. The quantitative estimate of drug-likeness (QED) is 0.578. The molecule has 0 saturated heterocycles. The summed E-state index contributed by atoms with van der Waals surface area (Å²) in [5.41, 5.74) is 0.113. The molecule has 0 spiro atoms. The fourth-order valence-corrected chi connectivity index (χ4v) is 2.76. The molecule has 1 aromatic carbocycles. The zero-order valence-electron chi connectivity index (χ0n) is 8.76. The van der Waals surface area contributed by atoms with E-state index in [0.717, 1.165) is 8.95 Å². The van der Waals surface area contributed by atoms with Gasteiger partial charge in [-0.1, -0.05) is 6.07 Å². The third kappa shape index (κ3) is 2.40. The number of rotatable bonds is 2. The van der Waals surface area contributed by atoms with Gasteiger partial charge in [-0.2, -0.15) is 0 Å². The van der Waals surface area contributed by atoms with Crippen molar-refractivity contribution >= 4 is 39.7 Å². The number of carbonyl (C=O) groups is 1. The molecule has 0 bridgehead atoms. The van der Waals surface area contributed by atoms with Gasteiger partial charge in [0, 0.05) is 10.9 Å². The molecule has 5 heteroatoms. The van der Waals surface area contributed by atoms with Crippen LogP contribution in [0.1, 0.15) is 21.5 Å². The van der Waals surface area contributed by atoms with Crippen LogP contribution in [0.25, 0.3) is 0 Å². The maximum absolute atomic E-state index is 13.7. The second-order valence-corrected chi connectivity index (χ2v) is 6.33. The smallest absolute Gasteiger partial charge is 0.199 e. The largest absolute Gasteiger partial charge is 0.288 e. The van der Waals surface area contributed by atoms with E-state index in [2.05, 4.69) is 22.6 Å². The normalized spacial score (nSPS) is 10.6. The van der Waals surface area contributed by atoms with Crippen molar-refractivity contribution in [2.24, 2.45) is 0 Å². The highest BCUT2D eigenvalue weighted by Crippen LogP contribution is 2.23. The Morgan fingerprint density at radius 1 is 1.35 bits per heavy atom. The van der Waals surface area contributed by atoms with Crippen molar-refractivity contribution in [1.29, 1.82) is 0 Å². The van der Waals surface area contributed by atoms with E-state index >= 15 is 0 Å². The average molecular weight is 364 g/mol. The predicted molar refractivity (Wildman–Crippen MR) is 71.6 cm³/mol. The monoisotopic (exact) mass is 364 g/mol. The van der Waals surface area contributed by atoms with Gasteiger partial charge in [0.2, 0.25) is 0 Å². The van der Waals surface area contributed by atoms with Gasteiger partial charge in [-0.05, 0) is 47.2 Å². The lowest BCUT2D eigenvalue weighted by atomic mass is 10.0. The highest BCUT2D eigenvalue weighted by Gasteiger charge is 2.21. The minimum atomic E-state index is -0.820. The fourth-order valence-electron chi connectivity index (χ4n) is 1.44. The van der Waals surface area contributed by atoms with Crippen LogP contribution in [0.2, 0.25) is 0 Å². The van der Waals surface area contributed by atoms with Crippen LogP contribution in [0.4, 0.5) is 8.78 Å². The Hall–Kier alpha value is -0.820. The molecular weight excluding hydrogens is 357 g/mol. The molecule has 0 atom stereocenters. The number of hydrogen-bond acceptors (Lipinski definition) is 2. The van der Waals surface area contributed by atoms with Crippen LogP contribution in [0.15, 0.2) is 23.6 Å². The Morgan fingerprint density at radius 2 is 2.06 bits per heavy atom. The molecule has 2 aromatic rings. The standard InChI is InChI=1S/C12H7F2IOS/c1-6-2-3-8(13)10(11(6)14)12(16)7-4-9(15)17-5-7/h2-5H,1H3. The maximum Gasteiger partial charge on any atom is 0.199 e. The van der Waals surface area contributed by atoms with E-state index < -0.39 is 23.0 Å². The summed E-state index contributed by atoms with van der Waals surface area (Å²) in [6, 6.07) is 4.05. The van der Waals surface area contributed by atoms with Crippen molar-refractivity contribution in [2.75, 3.05) is 0 Å². The summed E-state index contributed by atoms with van der Waals surface area (Å²) in [4.78, 5) is 12.0. The van der Waals surface area contributed by atoms with E-state index in [-0.39, 0.29) is 5.56 Å². The van der Waals surface area contributed by atoms with Crippen LogP contribution in [0.3, 0.4) is 0 Å². The summed E-state index contributed by atoms with van der Waals surface area (Å²) in [7, 11) is 0. The number of ketones is 1. The van der Waals surface area contributed by atoms with Gasteiger partial charge >= 0.3 is 0 Å². The first-order valence-corrected chi connectivity index (χ1v) is 6.70. The van der Waals surface area contributed by atoms with Crippen LogP contribution in [-0.4, -0.2) is 5.78 Å². The van der Waals surface area contributed by atoms with E-state index in [1.54, 1.807) is 11.4 Å². The molecule has 17 heavy (non-hydrogen) atoms. The lowest BCUT2D eigenvalue weighted by Crippen LogP contribution is -2.07. The van der Waals surface area contributed by atoms with E-state index in [1.807, 2.05) is 0 Å². The third-order valence-corrected chi connectivity index (χ3v) is 4.13. The Kier molecular flexibility index (Phi) is 3.58. The number of hydrogen-bond donors (Lipinski definition) is 0. The van der Waals surface area contributed by atoms with E-state index in [1.165, 1.54) is 24.3 Å². The minimum Gasteiger partial charge on any atom is -0.288 e. The molecular formula is C12H7F2IOS.